The molecule has 1 heterocycles. The van der Waals surface area contributed by atoms with Crippen molar-refractivity contribution in [1.29, 1.82) is 0 Å². The number of aliphatic hydroxyl groups is 1. The predicted molar refractivity (Wildman–Crippen MR) is 114 cm³/mol. The lowest BCUT2D eigenvalue weighted by molar-refractivity contribution is -0.122. The van der Waals surface area contributed by atoms with Crippen LogP contribution in [0.15, 0.2) is 48.5 Å². The summed E-state index contributed by atoms with van der Waals surface area (Å²) in [5.74, 6) is 5.97. The third-order valence-electron chi connectivity index (χ3n) is 4.24. The minimum atomic E-state index is -0.0393. The number of benzene rings is 2. The molecule has 0 bridgehead atoms. The molecule has 2 aromatic carbocycles. The van der Waals surface area contributed by atoms with Crippen molar-refractivity contribution in [3.63, 3.8) is 0 Å². The van der Waals surface area contributed by atoms with Gasteiger partial charge in [0, 0.05) is 39.6 Å². The first kappa shape index (κ1) is 20.0. The van der Waals surface area contributed by atoms with Crippen molar-refractivity contribution >= 4 is 28.4 Å². The third-order valence-corrected chi connectivity index (χ3v) is 4.48. The largest absolute Gasteiger partial charge is 0.395 e. The van der Waals surface area contributed by atoms with Crippen LogP contribution in [-0.4, -0.2) is 28.2 Å². The lowest BCUT2D eigenvalue weighted by Crippen LogP contribution is -2.33. The summed E-state index contributed by atoms with van der Waals surface area (Å²) in [5, 5.41) is 13.5. The van der Waals surface area contributed by atoms with E-state index in [-0.39, 0.29) is 25.1 Å². The Balaban J connectivity index is 2.09. The van der Waals surface area contributed by atoms with Crippen LogP contribution in [0.4, 0.5) is 0 Å². The molecular weight excluding hydrogens is 372 g/mol. The van der Waals surface area contributed by atoms with E-state index in [1.54, 1.807) is 0 Å². The Bertz CT molecular complexity index is 1060. The number of aromatic nitrogens is 1. The number of aliphatic hydroxyl groups excluding tert-OH is 1. The number of amides is 1. The molecule has 0 atom stereocenters. The van der Waals surface area contributed by atoms with Crippen LogP contribution < -0.4 is 5.32 Å². The smallest absolute Gasteiger partial charge is 0.240 e. The first-order chi connectivity index (χ1) is 13.5. The highest BCUT2D eigenvalue weighted by Gasteiger charge is 2.15. The van der Waals surface area contributed by atoms with Crippen LogP contribution >= 0.6 is 11.6 Å². The summed E-state index contributed by atoms with van der Waals surface area (Å²) in [7, 11) is 0. The second-order valence-corrected chi connectivity index (χ2v) is 7.33. The topological polar surface area (TPSA) is 54.3 Å². The van der Waals surface area contributed by atoms with Crippen LogP contribution in [0.2, 0.25) is 5.02 Å². The molecular formula is C23H23ClN2O2. The number of halogens is 1. The predicted octanol–water partition coefficient (Wildman–Crippen LogP) is 4.22. The molecule has 0 radical (unpaired) electrons. The fourth-order valence-electron chi connectivity index (χ4n) is 3.14. The lowest BCUT2D eigenvalue weighted by Gasteiger charge is -2.13. The Morgan fingerprint density at radius 2 is 2.04 bits per heavy atom. The van der Waals surface area contributed by atoms with Crippen molar-refractivity contribution in [3.05, 3.63) is 59.1 Å². The molecule has 0 aliphatic heterocycles. The van der Waals surface area contributed by atoms with Crippen LogP contribution in [0.1, 0.15) is 25.8 Å². The molecule has 2 N–H and O–H groups in total. The molecule has 3 rings (SSSR count). The first-order valence-electron chi connectivity index (χ1n) is 9.26. The van der Waals surface area contributed by atoms with Crippen LogP contribution in [0.3, 0.4) is 0 Å². The molecule has 1 amide bonds. The van der Waals surface area contributed by atoms with Gasteiger partial charge in [-0.3, -0.25) is 4.79 Å². The summed E-state index contributed by atoms with van der Waals surface area (Å²) < 4.78 is 2.00. The standard InChI is InChI=1S/C23H23ClN2O2/c1-16(2)25-23(28)15-26-21-10-9-17(6-3-4-11-27)12-19(21)14-22(26)18-7-5-8-20(24)13-18/h5,7-10,12-14,16,27H,4,11,15H2,1-2H3,(H,25,28). The fraction of sp³-hybridized carbons (Fsp3) is 0.261. The number of nitrogens with zero attached hydrogens (tertiary/aromatic N) is 1. The van der Waals surface area contributed by atoms with Gasteiger partial charge in [-0.1, -0.05) is 35.6 Å². The van der Waals surface area contributed by atoms with Gasteiger partial charge in [-0.25, -0.2) is 0 Å². The van der Waals surface area contributed by atoms with Gasteiger partial charge in [0.25, 0.3) is 0 Å². The zero-order valence-electron chi connectivity index (χ0n) is 16.0. The molecule has 0 fully saturated rings. The number of nitrogens with one attached hydrogen (secondary N) is 1. The quantitative estimate of drug-likeness (QED) is 0.636. The van der Waals surface area contributed by atoms with Crippen molar-refractivity contribution in [2.45, 2.75) is 32.9 Å². The Morgan fingerprint density at radius 3 is 2.75 bits per heavy atom. The van der Waals surface area contributed by atoms with E-state index in [1.807, 2.05) is 60.9 Å². The van der Waals surface area contributed by atoms with E-state index in [0.717, 1.165) is 27.7 Å². The van der Waals surface area contributed by atoms with Crippen LogP contribution in [-0.2, 0) is 11.3 Å². The Kier molecular flexibility index (Phi) is 6.41. The summed E-state index contributed by atoms with van der Waals surface area (Å²) in [6, 6.07) is 15.7. The SMILES string of the molecule is CC(C)NC(=O)Cn1c(-c2cccc(Cl)c2)cc2cc(C#CCCO)ccc21. The lowest BCUT2D eigenvalue weighted by atomic mass is 10.1. The van der Waals surface area contributed by atoms with Crippen LogP contribution in [0.5, 0.6) is 0 Å². The Hall–Kier alpha value is -2.74. The molecule has 5 heteroatoms. The number of carbonyl (C=O) groups is 1. The average Bonchev–Trinajstić information content (AvgIpc) is 2.99. The minimum Gasteiger partial charge on any atom is -0.395 e. The summed E-state index contributed by atoms with van der Waals surface area (Å²) in [6.07, 6.45) is 0.447. The van der Waals surface area contributed by atoms with Gasteiger partial charge in [-0.15, -0.1) is 0 Å². The van der Waals surface area contributed by atoms with E-state index in [1.165, 1.54) is 0 Å². The van der Waals surface area contributed by atoms with E-state index in [9.17, 15) is 4.79 Å². The maximum absolute atomic E-state index is 12.5. The van der Waals surface area contributed by atoms with E-state index >= 15 is 0 Å². The van der Waals surface area contributed by atoms with Crippen molar-refractivity contribution in [1.82, 2.24) is 9.88 Å². The normalized spacial score (nSPS) is 10.8. The third kappa shape index (κ3) is 4.75. The highest BCUT2D eigenvalue weighted by molar-refractivity contribution is 6.30. The monoisotopic (exact) mass is 394 g/mol. The van der Waals surface area contributed by atoms with Crippen molar-refractivity contribution in [2.24, 2.45) is 0 Å². The van der Waals surface area contributed by atoms with Gasteiger partial charge in [-0.2, -0.15) is 0 Å². The van der Waals surface area contributed by atoms with Crippen LogP contribution in [0, 0.1) is 11.8 Å². The van der Waals surface area contributed by atoms with E-state index in [4.69, 9.17) is 16.7 Å². The zero-order valence-corrected chi connectivity index (χ0v) is 16.8. The average molecular weight is 395 g/mol. The van der Waals surface area contributed by atoms with E-state index < -0.39 is 0 Å². The molecule has 0 aliphatic carbocycles. The van der Waals surface area contributed by atoms with E-state index in [0.29, 0.717) is 11.4 Å². The molecule has 28 heavy (non-hydrogen) atoms. The summed E-state index contributed by atoms with van der Waals surface area (Å²) >= 11 is 6.19. The minimum absolute atomic E-state index is 0.0393. The van der Waals surface area contributed by atoms with Gasteiger partial charge in [0.05, 0.1) is 6.61 Å². The first-order valence-corrected chi connectivity index (χ1v) is 9.64. The summed E-state index contributed by atoms with van der Waals surface area (Å²) in [5.41, 5.74) is 3.72. The second kappa shape index (κ2) is 8.97. The zero-order chi connectivity index (χ0) is 20.1. The van der Waals surface area contributed by atoms with Gasteiger partial charge >= 0.3 is 0 Å². The molecule has 0 aliphatic rings. The Morgan fingerprint density at radius 1 is 1.21 bits per heavy atom. The molecule has 3 aromatic rings. The molecule has 4 nitrogen and oxygen atoms in total. The fourth-order valence-corrected chi connectivity index (χ4v) is 3.33. The molecule has 144 valence electrons. The summed E-state index contributed by atoms with van der Waals surface area (Å²) in [4.78, 5) is 12.5. The van der Waals surface area contributed by atoms with Gasteiger partial charge < -0.3 is 15.0 Å². The highest BCUT2D eigenvalue weighted by atomic mass is 35.5. The van der Waals surface area contributed by atoms with Crippen LogP contribution in [0.25, 0.3) is 22.2 Å². The van der Waals surface area contributed by atoms with Crippen molar-refractivity contribution in [3.8, 4) is 23.1 Å². The molecule has 0 saturated heterocycles. The molecule has 0 spiro atoms. The Labute approximate surface area is 170 Å². The highest BCUT2D eigenvalue weighted by Crippen LogP contribution is 2.30. The number of fused-ring (bicyclic) bond motifs is 1. The van der Waals surface area contributed by atoms with Gasteiger partial charge in [0.2, 0.25) is 5.91 Å². The number of hydrogen-bond donors (Lipinski definition) is 2. The van der Waals surface area contributed by atoms with Crippen molar-refractivity contribution < 1.29 is 9.90 Å². The van der Waals surface area contributed by atoms with Gasteiger partial charge in [-0.05, 0) is 55.8 Å². The maximum atomic E-state index is 12.5. The van der Waals surface area contributed by atoms with Gasteiger partial charge in [0.1, 0.15) is 6.54 Å². The molecule has 1 aromatic heterocycles. The molecule has 0 saturated carbocycles. The second-order valence-electron chi connectivity index (χ2n) is 6.90. The number of carbonyl (C=O) groups excluding carboxylic acids is 1. The number of rotatable bonds is 5. The number of hydrogen-bond acceptors (Lipinski definition) is 2. The maximum Gasteiger partial charge on any atom is 0.240 e. The molecule has 0 unspecified atom stereocenters. The van der Waals surface area contributed by atoms with E-state index in [2.05, 4.69) is 23.2 Å². The van der Waals surface area contributed by atoms with Gasteiger partial charge in [0.15, 0.2) is 0 Å². The summed E-state index contributed by atoms with van der Waals surface area (Å²) in [6.45, 7) is 4.16. The van der Waals surface area contributed by atoms with Crippen molar-refractivity contribution in [2.75, 3.05) is 6.61 Å².